The van der Waals surface area contributed by atoms with E-state index in [0.29, 0.717) is 5.75 Å². The smallest absolute Gasteiger partial charge is 0.342 e. The number of nitrogens with zero attached hydrogens (tertiary/aromatic N) is 1. The number of H-pyrrole nitrogens is 1. The summed E-state index contributed by atoms with van der Waals surface area (Å²) in [7, 11) is 1.44. The van der Waals surface area contributed by atoms with Crippen molar-refractivity contribution in [3.05, 3.63) is 56.9 Å². The predicted molar refractivity (Wildman–Crippen MR) is 66.2 cm³/mol. The summed E-state index contributed by atoms with van der Waals surface area (Å²) < 4.78 is 5.73. The summed E-state index contributed by atoms with van der Waals surface area (Å²) in [6.07, 6.45) is 0.879. The highest BCUT2D eigenvalue weighted by Gasteiger charge is 2.14. The molecule has 7 heteroatoms. The third-order valence-electron chi connectivity index (χ3n) is 2.52. The number of rotatable bonds is 3. The molecule has 0 aliphatic rings. The van der Waals surface area contributed by atoms with Crippen molar-refractivity contribution in [2.24, 2.45) is 0 Å². The second-order valence-corrected chi connectivity index (χ2v) is 3.65. The fourth-order valence-electron chi connectivity index (χ4n) is 1.61. The number of carboxylic acid groups (broad SMARTS) is 1. The third-order valence-corrected chi connectivity index (χ3v) is 2.52. The molecular formula is C12H10N2O5. The van der Waals surface area contributed by atoms with E-state index in [-0.39, 0.29) is 5.69 Å². The molecule has 2 rings (SSSR count). The number of nitrogens with one attached hydrogen (secondary N) is 1. The van der Waals surface area contributed by atoms with Crippen molar-refractivity contribution in [3.8, 4) is 11.4 Å². The maximum Gasteiger partial charge on any atom is 0.342 e. The molecule has 98 valence electrons. The molecule has 2 N–H and O–H groups in total. The topological polar surface area (TPSA) is 101 Å². The number of methoxy groups -OCH3 is 1. The first-order valence-electron chi connectivity index (χ1n) is 5.27. The van der Waals surface area contributed by atoms with Gasteiger partial charge in [-0.1, -0.05) is 6.07 Å². The molecule has 0 radical (unpaired) electrons. The maximum atomic E-state index is 12.0. The predicted octanol–water partition coefficient (Wildman–Crippen LogP) is 0.233. The summed E-state index contributed by atoms with van der Waals surface area (Å²) in [5.74, 6) is -0.956. The molecule has 1 aromatic heterocycles. The fraction of sp³-hybridized carbons (Fsp3) is 0.0833. The number of ether oxygens (including phenoxy) is 1. The average Bonchev–Trinajstić information content (AvgIpc) is 2.38. The first kappa shape index (κ1) is 12.6. The van der Waals surface area contributed by atoms with Crippen molar-refractivity contribution in [3.63, 3.8) is 0 Å². The second-order valence-electron chi connectivity index (χ2n) is 3.65. The van der Waals surface area contributed by atoms with Gasteiger partial charge in [-0.15, -0.1) is 0 Å². The minimum atomic E-state index is -1.40. The number of carbonyl (C=O) groups is 1. The number of hydrogen-bond acceptors (Lipinski definition) is 4. The molecule has 7 nitrogen and oxygen atoms in total. The molecule has 1 aromatic carbocycles. The van der Waals surface area contributed by atoms with Crippen LogP contribution < -0.4 is 16.0 Å². The number of aromatic nitrogens is 2. The Bertz CT molecular complexity index is 744. The number of aromatic amines is 1. The summed E-state index contributed by atoms with van der Waals surface area (Å²) in [5.41, 5.74) is -1.90. The van der Waals surface area contributed by atoms with Crippen LogP contribution in [-0.2, 0) is 0 Å². The first-order valence-corrected chi connectivity index (χ1v) is 5.27. The van der Waals surface area contributed by atoms with Crippen LogP contribution in [0.3, 0.4) is 0 Å². The summed E-state index contributed by atoms with van der Waals surface area (Å²) in [5, 5.41) is 8.87. The van der Waals surface area contributed by atoms with Gasteiger partial charge in [-0.3, -0.25) is 4.79 Å². The quantitative estimate of drug-likeness (QED) is 0.824. The highest BCUT2D eigenvalue weighted by atomic mass is 16.5. The normalized spacial score (nSPS) is 10.2. The summed E-state index contributed by atoms with van der Waals surface area (Å²) >= 11 is 0. The van der Waals surface area contributed by atoms with Gasteiger partial charge in [0.2, 0.25) is 0 Å². The average molecular weight is 262 g/mol. The lowest BCUT2D eigenvalue weighted by molar-refractivity contribution is 0.0694. The summed E-state index contributed by atoms with van der Waals surface area (Å²) in [6.45, 7) is 0. The third kappa shape index (κ3) is 2.25. The summed E-state index contributed by atoms with van der Waals surface area (Å²) in [4.78, 5) is 36.7. The van der Waals surface area contributed by atoms with Crippen LogP contribution in [0.4, 0.5) is 0 Å². The Morgan fingerprint density at radius 2 is 2.11 bits per heavy atom. The monoisotopic (exact) mass is 262 g/mol. The molecule has 0 aliphatic heterocycles. The zero-order valence-electron chi connectivity index (χ0n) is 9.91. The van der Waals surface area contributed by atoms with Gasteiger partial charge in [0.1, 0.15) is 11.3 Å². The van der Waals surface area contributed by atoms with E-state index in [2.05, 4.69) is 4.98 Å². The Hall–Kier alpha value is -2.83. The molecule has 0 atom stereocenters. The van der Waals surface area contributed by atoms with Crippen LogP contribution in [0.5, 0.6) is 5.75 Å². The van der Waals surface area contributed by atoms with Crippen molar-refractivity contribution >= 4 is 5.97 Å². The Morgan fingerprint density at radius 3 is 2.74 bits per heavy atom. The van der Waals surface area contributed by atoms with Gasteiger partial charge in [0.25, 0.3) is 5.56 Å². The molecule has 19 heavy (non-hydrogen) atoms. The van der Waals surface area contributed by atoms with Gasteiger partial charge < -0.3 is 14.8 Å². The Kier molecular flexibility index (Phi) is 3.19. The minimum absolute atomic E-state index is 0.230. The molecule has 0 saturated heterocycles. The molecule has 2 aromatic rings. The van der Waals surface area contributed by atoms with Gasteiger partial charge in [0, 0.05) is 12.3 Å². The van der Waals surface area contributed by atoms with E-state index in [1.165, 1.54) is 19.2 Å². The molecular weight excluding hydrogens is 252 g/mol. The number of hydrogen-bond donors (Lipinski definition) is 2. The molecule has 1 heterocycles. The minimum Gasteiger partial charge on any atom is -0.497 e. The van der Waals surface area contributed by atoms with Crippen LogP contribution in [0.25, 0.3) is 5.69 Å². The van der Waals surface area contributed by atoms with Gasteiger partial charge in [-0.2, -0.15) is 0 Å². The number of benzene rings is 1. The van der Waals surface area contributed by atoms with E-state index < -0.39 is 22.8 Å². The van der Waals surface area contributed by atoms with E-state index >= 15 is 0 Å². The van der Waals surface area contributed by atoms with Crippen LogP contribution in [0, 0.1) is 0 Å². The Labute approximate surface area is 106 Å². The highest BCUT2D eigenvalue weighted by molar-refractivity contribution is 5.86. The van der Waals surface area contributed by atoms with Crippen molar-refractivity contribution in [1.82, 2.24) is 9.55 Å². The Balaban J connectivity index is 2.74. The van der Waals surface area contributed by atoms with Crippen LogP contribution in [0.15, 0.2) is 40.1 Å². The summed E-state index contributed by atoms with van der Waals surface area (Å²) in [6, 6.07) is 6.20. The fourth-order valence-corrected chi connectivity index (χ4v) is 1.61. The van der Waals surface area contributed by atoms with Crippen LogP contribution in [-0.4, -0.2) is 27.7 Å². The van der Waals surface area contributed by atoms with Gasteiger partial charge in [-0.05, 0) is 12.1 Å². The molecule has 0 bridgehead atoms. The van der Waals surface area contributed by atoms with E-state index in [0.717, 1.165) is 10.8 Å². The van der Waals surface area contributed by atoms with Crippen molar-refractivity contribution in [2.75, 3.05) is 7.11 Å². The molecule has 0 amide bonds. The lowest BCUT2D eigenvalue weighted by Gasteiger charge is -2.07. The van der Waals surface area contributed by atoms with Gasteiger partial charge >= 0.3 is 11.7 Å². The zero-order chi connectivity index (χ0) is 14.0. The van der Waals surface area contributed by atoms with E-state index in [4.69, 9.17) is 9.84 Å². The van der Waals surface area contributed by atoms with Gasteiger partial charge in [-0.25, -0.2) is 14.2 Å². The largest absolute Gasteiger partial charge is 0.497 e. The standard InChI is InChI=1S/C12H10N2O5/c1-19-8-4-2-3-7(5-8)14-10(15)9(11(16)17)6-13-12(14)18/h2-6H,1H3,(H,13,18)(H,16,17). The molecule has 0 saturated carbocycles. The highest BCUT2D eigenvalue weighted by Crippen LogP contribution is 2.13. The second kappa shape index (κ2) is 4.81. The number of aromatic carboxylic acids is 1. The van der Waals surface area contributed by atoms with Gasteiger partial charge in [0.05, 0.1) is 12.8 Å². The van der Waals surface area contributed by atoms with E-state index in [1.807, 2.05) is 0 Å². The van der Waals surface area contributed by atoms with Gasteiger partial charge in [0.15, 0.2) is 0 Å². The number of carboxylic acids is 1. The zero-order valence-corrected chi connectivity index (χ0v) is 9.91. The molecule has 0 spiro atoms. The Morgan fingerprint density at radius 1 is 1.37 bits per heavy atom. The first-order chi connectivity index (χ1) is 9.04. The van der Waals surface area contributed by atoms with Crippen molar-refractivity contribution in [1.29, 1.82) is 0 Å². The van der Waals surface area contributed by atoms with E-state index in [9.17, 15) is 14.4 Å². The SMILES string of the molecule is COc1cccc(-n2c(=O)[nH]cc(C(=O)O)c2=O)c1. The van der Waals surface area contributed by atoms with Crippen molar-refractivity contribution in [2.45, 2.75) is 0 Å². The lowest BCUT2D eigenvalue weighted by atomic mass is 10.2. The van der Waals surface area contributed by atoms with Crippen LogP contribution >= 0.6 is 0 Å². The van der Waals surface area contributed by atoms with Crippen molar-refractivity contribution < 1.29 is 14.6 Å². The molecule has 0 aliphatic carbocycles. The lowest BCUT2D eigenvalue weighted by Crippen LogP contribution is -2.36. The molecule has 0 unspecified atom stereocenters. The van der Waals surface area contributed by atoms with Crippen LogP contribution in [0.2, 0.25) is 0 Å². The maximum absolute atomic E-state index is 12.0. The van der Waals surface area contributed by atoms with Crippen LogP contribution in [0.1, 0.15) is 10.4 Å². The molecule has 0 fully saturated rings. The van der Waals surface area contributed by atoms with E-state index in [1.54, 1.807) is 12.1 Å².